The van der Waals surface area contributed by atoms with Crippen LogP contribution in [0.2, 0.25) is 5.02 Å². The van der Waals surface area contributed by atoms with Gasteiger partial charge in [0, 0.05) is 45.5 Å². The zero-order valence-electron chi connectivity index (χ0n) is 20.6. The van der Waals surface area contributed by atoms with Gasteiger partial charge in [-0.1, -0.05) is 23.7 Å². The monoisotopic (exact) mass is 635 g/mol. The van der Waals surface area contributed by atoms with E-state index in [-0.39, 0.29) is 36.2 Å². The van der Waals surface area contributed by atoms with Crippen molar-refractivity contribution in [3.63, 3.8) is 0 Å². The fourth-order valence-corrected chi connectivity index (χ4v) is 7.21. The minimum Gasteiger partial charge on any atom is -0.465 e. The topological polar surface area (TPSA) is 100 Å². The summed E-state index contributed by atoms with van der Waals surface area (Å²) in [6.45, 7) is 5.96. The molecule has 2 unspecified atom stereocenters. The normalized spacial score (nSPS) is 34.7. The van der Waals surface area contributed by atoms with Crippen molar-refractivity contribution in [1.29, 1.82) is 0 Å². The van der Waals surface area contributed by atoms with Crippen LogP contribution < -0.4 is 5.32 Å². The Bertz CT molecular complexity index is 1430. The lowest BCUT2D eigenvalue weighted by atomic mass is 9.99. The molecular formula is C26H27ClIN5O4. The van der Waals surface area contributed by atoms with Gasteiger partial charge in [0.1, 0.15) is 17.6 Å². The maximum absolute atomic E-state index is 13.1. The third kappa shape index (κ3) is 3.70. The molecule has 4 fully saturated rings. The number of nitrogens with one attached hydrogen (secondary N) is 1. The molecule has 1 N–H and O–H groups in total. The van der Waals surface area contributed by atoms with E-state index in [1.165, 1.54) is 5.56 Å². The zero-order chi connectivity index (χ0) is 25.7. The summed E-state index contributed by atoms with van der Waals surface area (Å²) in [5.74, 6) is 0.148. The second-order valence-corrected chi connectivity index (χ2v) is 12.3. The Labute approximate surface area is 232 Å². The van der Waals surface area contributed by atoms with Crippen molar-refractivity contribution < 1.29 is 19.0 Å². The van der Waals surface area contributed by atoms with Crippen LogP contribution in [0.1, 0.15) is 51.1 Å². The first-order chi connectivity index (χ1) is 17.7. The van der Waals surface area contributed by atoms with Gasteiger partial charge in [0.25, 0.3) is 0 Å². The standard InChI is InChI=1S/C26H27ClIN5O4/c1-4-35-23(34)26-10-15(26)18(19-20(26)37-25(2,3)36-19)33-11-29-17-21(31-24(28)32-22(17)33)30-16-9-14(16)12-6-5-7-13(27)8-12/h5-8,11,14-16,18-20H,4,9-10H2,1-3H3,(H,30,31,32)/t14?,15-,16?,18-,19-,20-,26+/m1/s1. The van der Waals surface area contributed by atoms with E-state index in [2.05, 4.69) is 43.5 Å². The van der Waals surface area contributed by atoms with Crippen LogP contribution in [0, 0.1) is 15.2 Å². The van der Waals surface area contributed by atoms with Gasteiger partial charge in [0.2, 0.25) is 0 Å². The highest BCUT2D eigenvalue weighted by molar-refractivity contribution is 14.1. The molecule has 3 aliphatic carbocycles. The van der Waals surface area contributed by atoms with Crippen molar-refractivity contribution in [2.75, 3.05) is 11.9 Å². The highest BCUT2D eigenvalue weighted by atomic mass is 127. The first-order valence-corrected chi connectivity index (χ1v) is 14.1. The predicted octanol–water partition coefficient (Wildman–Crippen LogP) is 4.70. The highest BCUT2D eigenvalue weighted by Crippen LogP contribution is 2.72. The minimum absolute atomic E-state index is 0.0368. The van der Waals surface area contributed by atoms with E-state index < -0.39 is 11.2 Å². The lowest BCUT2D eigenvalue weighted by Crippen LogP contribution is -2.36. The summed E-state index contributed by atoms with van der Waals surface area (Å²) in [4.78, 5) is 27.3. The smallest absolute Gasteiger partial charge is 0.315 e. The zero-order valence-corrected chi connectivity index (χ0v) is 23.6. The molecule has 0 bridgehead atoms. The number of carbonyl (C=O) groups excluding carboxylic acids is 1. The first-order valence-electron chi connectivity index (χ1n) is 12.7. The summed E-state index contributed by atoms with van der Waals surface area (Å²) < 4.78 is 20.9. The van der Waals surface area contributed by atoms with Crippen LogP contribution in [0.15, 0.2) is 30.6 Å². The number of imidazole rings is 1. The molecule has 3 saturated carbocycles. The van der Waals surface area contributed by atoms with Crippen LogP contribution in [-0.4, -0.2) is 56.1 Å². The minimum atomic E-state index is -0.783. The van der Waals surface area contributed by atoms with Crippen LogP contribution in [-0.2, 0) is 19.0 Å². The number of hydrogen-bond donors (Lipinski definition) is 1. The third-order valence-electron chi connectivity index (χ3n) is 8.21. The van der Waals surface area contributed by atoms with Crippen molar-refractivity contribution in [3.8, 4) is 0 Å². The number of ether oxygens (including phenoxy) is 3. The van der Waals surface area contributed by atoms with E-state index in [4.69, 9.17) is 35.8 Å². The average Bonchev–Trinajstić information content (AvgIpc) is 3.66. The number of esters is 1. The molecule has 4 aliphatic rings. The Morgan fingerprint density at radius 2 is 2.16 bits per heavy atom. The van der Waals surface area contributed by atoms with Crippen molar-refractivity contribution in [2.24, 2.45) is 11.3 Å². The summed E-state index contributed by atoms with van der Waals surface area (Å²) in [6, 6.07) is 8.12. The lowest BCUT2D eigenvalue weighted by Gasteiger charge is -2.24. The van der Waals surface area contributed by atoms with E-state index in [1.807, 2.05) is 39.0 Å². The maximum atomic E-state index is 13.1. The van der Waals surface area contributed by atoms with Gasteiger partial charge in [-0.05, 0) is 51.3 Å². The Balaban J connectivity index is 1.22. The number of carbonyl (C=O) groups is 1. The molecule has 11 heteroatoms. The number of halogens is 2. The van der Waals surface area contributed by atoms with Gasteiger partial charge in [0.05, 0.1) is 19.0 Å². The van der Waals surface area contributed by atoms with Crippen LogP contribution >= 0.6 is 34.2 Å². The number of hydrogen-bond acceptors (Lipinski definition) is 8. The molecule has 1 aromatic carbocycles. The Kier molecular flexibility index (Phi) is 5.35. The summed E-state index contributed by atoms with van der Waals surface area (Å²) in [5, 5.41) is 4.34. The highest BCUT2D eigenvalue weighted by Gasteiger charge is 2.80. The fraction of sp³-hybridized carbons (Fsp3) is 0.538. The van der Waals surface area contributed by atoms with Crippen LogP contribution in [0.3, 0.4) is 0 Å². The molecule has 0 amide bonds. The molecule has 7 rings (SSSR count). The van der Waals surface area contributed by atoms with Gasteiger partial charge in [0.15, 0.2) is 26.6 Å². The van der Waals surface area contributed by atoms with E-state index in [9.17, 15) is 4.79 Å². The Morgan fingerprint density at radius 1 is 1.32 bits per heavy atom. The van der Waals surface area contributed by atoms with Crippen molar-refractivity contribution in [3.05, 3.63) is 45.0 Å². The molecule has 0 radical (unpaired) electrons. The number of anilines is 1. The second-order valence-electron chi connectivity index (χ2n) is 10.9. The fourth-order valence-electron chi connectivity index (χ4n) is 6.54. The van der Waals surface area contributed by atoms with Crippen molar-refractivity contribution in [2.45, 2.75) is 69.6 Å². The summed E-state index contributed by atoms with van der Waals surface area (Å²) in [5.41, 5.74) is 1.97. The molecule has 7 atom stereocenters. The molecule has 9 nitrogen and oxygen atoms in total. The number of fused-ring (bicyclic) bond motifs is 4. The largest absolute Gasteiger partial charge is 0.465 e. The molecule has 1 aliphatic heterocycles. The number of aromatic nitrogens is 4. The molecule has 1 saturated heterocycles. The third-order valence-corrected chi connectivity index (χ3v) is 8.92. The quantitative estimate of drug-likeness (QED) is 0.237. The number of nitrogens with zero attached hydrogens (tertiary/aromatic N) is 4. The Hall–Kier alpha value is -2.02. The van der Waals surface area contributed by atoms with Gasteiger partial charge >= 0.3 is 5.97 Å². The first kappa shape index (κ1) is 24.1. The molecule has 2 aromatic heterocycles. The maximum Gasteiger partial charge on any atom is 0.315 e. The van der Waals surface area contributed by atoms with E-state index in [0.29, 0.717) is 34.1 Å². The number of rotatable bonds is 6. The van der Waals surface area contributed by atoms with E-state index in [1.54, 1.807) is 6.33 Å². The van der Waals surface area contributed by atoms with Gasteiger partial charge in [-0.15, -0.1) is 0 Å². The van der Waals surface area contributed by atoms with Gasteiger partial charge in [-0.2, -0.15) is 0 Å². The summed E-state index contributed by atoms with van der Waals surface area (Å²) in [7, 11) is 0. The molecule has 37 heavy (non-hydrogen) atoms. The molecular weight excluding hydrogens is 609 g/mol. The predicted molar refractivity (Wildman–Crippen MR) is 144 cm³/mol. The van der Waals surface area contributed by atoms with Crippen LogP contribution in [0.4, 0.5) is 5.82 Å². The van der Waals surface area contributed by atoms with Gasteiger partial charge in [-0.3, -0.25) is 4.79 Å². The SMILES string of the molecule is CCOC(=O)[C@@]12C[C@@H]1[C@@H](n1cnc3c(NC4CC4c4cccc(Cl)c4)nc(I)nc31)[C@H]1OC(C)(C)O[C@H]12. The molecule has 194 valence electrons. The van der Waals surface area contributed by atoms with Gasteiger partial charge < -0.3 is 24.1 Å². The summed E-state index contributed by atoms with van der Waals surface area (Å²) in [6.07, 6.45) is 2.85. The van der Waals surface area contributed by atoms with E-state index in [0.717, 1.165) is 17.1 Å². The van der Waals surface area contributed by atoms with Gasteiger partial charge in [-0.25, -0.2) is 15.0 Å². The molecule has 3 aromatic rings. The summed E-state index contributed by atoms with van der Waals surface area (Å²) >= 11 is 8.35. The van der Waals surface area contributed by atoms with Crippen LogP contribution in [0.25, 0.3) is 11.2 Å². The number of benzene rings is 1. The lowest BCUT2D eigenvalue weighted by molar-refractivity contribution is -0.172. The van der Waals surface area contributed by atoms with E-state index >= 15 is 0 Å². The molecule has 0 spiro atoms. The average molecular weight is 636 g/mol. The Morgan fingerprint density at radius 3 is 2.95 bits per heavy atom. The van der Waals surface area contributed by atoms with Crippen LogP contribution in [0.5, 0.6) is 0 Å². The molecule has 3 heterocycles. The van der Waals surface area contributed by atoms with Crippen molar-refractivity contribution >= 4 is 57.1 Å². The second kappa shape index (κ2) is 8.24. The van der Waals surface area contributed by atoms with Crippen molar-refractivity contribution in [1.82, 2.24) is 19.5 Å².